The van der Waals surface area contributed by atoms with Gasteiger partial charge in [-0.15, -0.1) is 0 Å². The summed E-state index contributed by atoms with van der Waals surface area (Å²) in [5.74, 6) is 0.425. The van der Waals surface area contributed by atoms with Gasteiger partial charge in [-0.1, -0.05) is 34.8 Å². The Hall–Kier alpha value is -0.620. The van der Waals surface area contributed by atoms with Gasteiger partial charge in [-0.05, 0) is 25.3 Å². The number of ether oxygens (including phenoxy) is 1. The molecular weight excluding hydrogens is 280 g/mol. The third kappa shape index (κ3) is 2.80. The minimum atomic E-state index is -0.102. The minimum absolute atomic E-state index is 0.0690. The van der Waals surface area contributed by atoms with Crippen LogP contribution in [-0.2, 0) is 0 Å². The fourth-order valence-corrected chi connectivity index (χ4v) is 2.55. The second-order valence-corrected chi connectivity index (χ2v) is 5.24. The Morgan fingerprint density at radius 2 is 1.82 bits per heavy atom. The van der Waals surface area contributed by atoms with E-state index in [-0.39, 0.29) is 12.0 Å². The summed E-state index contributed by atoms with van der Waals surface area (Å²) in [4.78, 5) is 0. The molecule has 0 heterocycles. The molecule has 2 atom stereocenters. The topological polar surface area (TPSA) is 33.0 Å². The average Bonchev–Trinajstić information content (AvgIpc) is 2.73. The summed E-state index contributed by atoms with van der Waals surface area (Å²) in [6, 6.07) is 5.40. The Morgan fingerprint density at radius 1 is 1.12 bits per heavy atom. The molecule has 0 N–H and O–H groups in total. The highest BCUT2D eigenvalue weighted by Crippen LogP contribution is 2.37. The third-order valence-electron chi connectivity index (χ3n) is 2.87. The monoisotopic (exact) mass is 289 g/mol. The molecular formula is C12H10Cl3NO. The van der Waals surface area contributed by atoms with Crippen LogP contribution in [0.15, 0.2) is 12.1 Å². The molecule has 1 aliphatic rings. The Bertz CT molecular complexity index is 470. The van der Waals surface area contributed by atoms with Crippen LogP contribution in [0, 0.1) is 17.2 Å². The number of nitriles is 1. The zero-order valence-corrected chi connectivity index (χ0v) is 11.2. The van der Waals surface area contributed by atoms with Gasteiger partial charge in [0.05, 0.1) is 27.1 Å². The van der Waals surface area contributed by atoms with Crippen molar-refractivity contribution in [2.45, 2.75) is 25.4 Å². The SMILES string of the molecule is N#CC1CCCC1Oc1cc(Cl)c(Cl)cc1Cl. The predicted octanol–water partition coefficient (Wildman–Crippen LogP) is 4.72. The first-order valence-electron chi connectivity index (χ1n) is 5.32. The molecule has 2 nitrogen and oxygen atoms in total. The van der Waals surface area contributed by atoms with E-state index in [9.17, 15) is 0 Å². The van der Waals surface area contributed by atoms with Crippen molar-refractivity contribution in [2.24, 2.45) is 5.92 Å². The molecule has 1 fully saturated rings. The Labute approximate surface area is 115 Å². The zero-order valence-electron chi connectivity index (χ0n) is 8.92. The van der Waals surface area contributed by atoms with Crippen LogP contribution < -0.4 is 4.74 Å². The van der Waals surface area contributed by atoms with Crippen LogP contribution in [0.25, 0.3) is 0 Å². The summed E-state index contributed by atoms with van der Waals surface area (Å²) in [6.45, 7) is 0. The van der Waals surface area contributed by atoms with Gasteiger partial charge in [0.1, 0.15) is 11.9 Å². The van der Waals surface area contributed by atoms with Gasteiger partial charge in [-0.25, -0.2) is 0 Å². The first-order chi connectivity index (χ1) is 8.11. The smallest absolute Gasteiger partial charge is 0.139 e. The molecule has 2 rings (SSSR count). The lowest BCUT2D eigenvalue weighted by Crippen LogP contribution is -2.20. The molecule has 0 amide bonds. The average molecular weight is 291 g/mol. The Balaban J connectivity index is 2.19. The first kappa shape index (κ1) is 12.8. The van der Waals surface area contributed by atoms with Crippen LogP contribution in [0.4, 0.5) is 0 Å². The molecule has 1 aromatic rings. The maximum Gasteiger partial charge on any atom is 0.139 e. The highest BCUT2D eigenvalue weighted by Gasteiger charge is 2.29. The molecule has 0 aromatic heterocycles. The number of rotatable bonds is 2. The van der Waals surface area contributed by atoms with Crippen LogP contribution in [-0.4, -0.2) is 6.10 Å². The minimum Gasteiger partial charge on any atom is -0.487 e. The molecule has 0 spiro atoms. The molecule has 0 saturated heterocycles. The maximum atomic E-state index is 8.97. The summed E-state index contributed by atoms with van der Waals surface area (Å²) in [7, 11) is 0. The molecule has 1 aliphatic carbocycles. The molecule has 1 saturated carbocycles. The summed E-state index contributed by atoms with van der Waals surface area (Å²) in [5, 5.41) is 10.2. The second kappa shape index (κ2) is 5.35. The quantitative estimate of drug-likeness (QED) is 0.738. The van der Waals surface area contributed by atoms with E-state index in [1.54, 1.807) is 12.1 Å². The molecule has 0 radical (unpaired) electrons. The molecule has 2 unspecified atom stereocenters. The molecule has 1 aromatic carbocycles. The van der Waals surface area contributed by atoms with Crippen LogP contribution in [0.1, 0.15) is 19.3 Å². The van der Waals surface area contributed by atoms with Crippen LogP contribution >= 0.6 is 34.8 Å². The number of nitrogens with zero attached hydrogens (tertiary/aromatic N) is 1. The number of benzene rings is 1. The van der Waals surface area contributed by atoms with E-state index in [0.717, 1.165) is 19.3 Å². The van der Waals surface area contributed by atoms with Gasteiger partial charge in [0.2, 0.25) is 0 Å². The number of halogens is 3. The van der Waals surface area contributed by atoms with E-state index in [2.05, 4.69) is 6.07 Å². The van der Waals surface area contributed by atoms with Crippen molar-refractivity contribution in [3.8, 4) is 11.8 Å². The van der Waals surface area contributed by atoms with Crippen LogP contribution in [0.3, 0.4) is 0 Å². The normalized spacial score (nSPS) is 23.4. The van der Waals surface area contributed by atoms with Crippen molar-refractivity contribution < 1.29 is 4.74 Å². The molecule has 17 heavy (non-hydrogen) atoms. The van der Waals surface area contributed by atoms with Crippen molar-refractivity contribution in [2.75, 3.05) is 0 Å². The lowest BCUT2D eigenvalue weighted by molar-refractivity contribution is 0.183. The standard InChI is InChI=1S/C12H10Cl3NO/c13-8-4-10(15)12(5-9(8)14)17-11-3-1-2-7(11)6-16/h4-5,7,11H,1-3H2. The van der Waals surface area contributed by atoms with Crippen LogP contribution in [0.2, 0.25) is 15.1 Å². The number of hydrogen-bond acceptors (Lipinski definition) is 2. The van der Waals surface area contributed by atoms with Gasteiger partial charge in [-0.2, -0.15) is 5.26 Å². The second-order valence-electron chi connectivity index (χ2n) is 4.02. The van der Waals surface area contributed by atoms with E-state index < -0.39 is 0 Å². The molecule has 0 aliphatic heterocycles. The molecule has 5 heteroatoms. The lowest BCUT2D eigenvalue weighted by Gasteiger charge is -2.17. The van der Waals surface area contributed by atoms with Crippen molar-refractivity contribution in [3.05, 3.63) is 27.2 Å². The largest absolute Gasteiger partial charge is 0.487 e. The summed E-state index contributed by atoms with van der Waals surface area (Å²) in [5.41, 5.74) is 0. The van der Waals surface area contributed by atoms with E-state index in [1.165, 1.54) is 0 Å². The Kier molecular flexibility index (Phi) is 4.04. The van der Waals surface area contributed by atoms with Gasteiger partial charge in [0.25, 0.3) is 0 Å². The third-order valence-corrected chi connectivity index (χ3v) is 3.89. The fraction of sp³-hybridized carbons (Fsp3) is 0.417. The van der Waals surface area contributed by atoms with Crippen LogP contribution in [0.5, 0.6) is 5.75 Å². The van der Waals surface area contributed by atoms with Gasteiger partial charge >= 0.3 is 0 Å². The first-order valence-corrected chi connectivity index (χ1v) is 6.46. The van der Waals surface area contributed by atoms with Gasteiger partial charge < -0.3 is 4.74 Å². The maximum absolute atomic E-state index is 8.97. The highest BCUT2D eigenvalue weighted by molar-refractivity contribution is 6.43. The van der Waals surface area contributed by atoms with Crippen molar-refractivity contribution in [1.82, 2.24) is 0 Å². The van der Waals surface area contributed by atoms with E-state index in [1.807, 2.05) is 0 Å². The van der Waals surface area contributed by atoms with E-state index in [4.69, 9.17) is 44.8 Å². The van der Waals surface area contributed by atoms with E-state index in [0.29, 0.717) is 20.8 Å². The predicted molar refractivity (Wildman–Crippen MR) is 68.8 cm³/mol. The molecule has 0 bridgehead atoms. The summed E-state index contributed by atoms with van der Waals surface area (Å²) < 4.78 is 5.75. The van der Waals surface area contributed by atoms with Crippen molar-refractivity contribution in [3.63, 3.8) is 0 Å². The fourth-order valence-electron chi connectivity index (χ4n) is 1.97. The highest BCUT2D eigenvalue weighted by atomic mass is 35.5. The van der Waals surface area contributed by atoms with Crippen molar-refractivity contribution >= 4 is 34.8 Å². The zero-order chi connectivity index (χ0) is 12.4. The lowest BCUT2D eigenvalue weighted by atomic mass is 10.1. The summed E-state index contributed by atoms with van der Waals surface area (Å²) >= 11 is 17.8. The van der Waals surface area contributed by atoms with E-state index >= 15 is 0 Å². The molecule has 90 valence electrons. The van der Waals surface area contributed by atoms with Gasteiger partial charge in [-0.3, -0.25) is 0 Å². The van der Waals surface area contributed by atoms with Gasteiger partial charge in [0, 0.05) is 6.07 Å². The van der Waals surface area contributed by atoms with Gasteiger partial charge in [0.15, 0.2) is 0 Å². The summed E-state index contributed by atoms with van der Waals surface area (Å²) in [6.07, 6.45) is 2.64. The Morgan fingerprint density at radius 3 is 2.53 bits per heavy atom. The number of hydrogen-bond donors (Lipinski definition) is 0. The van der Waals surface area contributed by atoms with Crippen molar-refractivity contribution in [1.29, 1.82) is 5.26 Å².